The van der Waals surface area contributed by atoms with Gasteiger partial charge in [-0.1, -0.05) is 12.1 Å². The van der Waals surface area contributed by atoms with Gasteiger partial charge in [-0.05, 0) is 24.6 Å². The van der Waals surface area contributed by atoms with Crippen molar-refractivity contribution in [1.29, 1.82) is 0 Å². The van der Waals surface area contributed by atoms with Crippen molar-refractivity contribution in [1.82, 2.24) is 14.9 Å². The first-order chi connectivity index (χ1) is 9.40. The molecule has 0 saturated carbocycles. The zero-order valence-corrected chi connectivity index (χ0v) is 12.5. The predicted molar refractivity (Wildman–Crippen MR) is 78.1 cm³/mol. The van der Waals surface area contributed by atoms with E-state index in [-0.39, 0.29) is 11.4 Å². The largest absolute Gasteiger partial charge is 0.378 e. The lowest BCUT2D eigenvalue weighted by Gasteiger charge is -2.13. The van der Waals surface area contributed by atoms with E-state index < -0.39 is 10.0 Å². The Morgan fingerprint density at radius 3 is 2.40 bits per heavy atom. The average Bonchev–Trinajstić information content (AvgIpc) is 2.84. The van der Waals surface area contributed by atoms with E-state index in [9.17, 15) is 8.42 Å². The molecule has 0 aliphatic heterocycles. The third kappa shape index (κ3) is 3.17. The van der Waals surface area contributed by atoms with Crippen molar-refractivity contribution in [2.45, 2.75) is 18.4 Å². The first-order valence-corrected chi connectivity index (χ1v) is 7.64. The van der Waals surface area contributed by atoms with Crippen LogP contribution < -0.4 is 9.62 Å². The summed E-state index contributed by atoms with van der Waals surface area (Å²) in [5, 5.41) is 6.34. The summed E-state index contributed by atoms with van der Waals surface area (Å²) in [6, 6.07) is 7.71. The van der Waals surface area contributed by atoms with Crippen LogP contribution in [-0.4, -0.2) is 32.7 Å². The number of anilines is 1. The number of aromatic nitrogens is 2. The van der Waals surface area contributed by atoms with Crippen molar-refractivity contribution < 1.29 is 8.42 Å². The van der Waals surface area contributed by atoms with Crippen molar-refractivity contribution in [2.24, 2.45) is 0 Å². The van der Waals surface area contributed by atoms with Crippen LogP contribution in [0, 0.1) is 6.92 Å². The monoisotopic (exact) mass is 294 g/mol. The SMILES string of the molecule is Cc1[nH]ncc1S(=O)(=O)NCc1ccc(N(C)C)cc1. The van der Waals surface area contributed by atoms with Gasteiger partial charge in [0.25, 0.3) is 0 Å². The maximum atomic E-state index is 12.1. The molecule has 0 fully saturated rings. The van der Waals surface area contributed by atoms with Crippen LogP contribution in [0.3, 0.4) is 0 Å². The molecule has 6 nitrogen and oxygen atoms in total. The number of nitrogens with zero attached hydrogens (tertiary/aromatic N) is 2. The summed E-state index contributed by atoms with van der Waals surface area (Å²) in [5.41, 5.74) is 2.50. The van der Waals surface area contributed by atoms with Crippen LogP contribution in [-0.2, 0) is 16.6 Å². The van der Waals surface area contributed by atoms with Crippen LogP contribution in [0.25, 0.3) is 0 Å². The molecule has 2 rings (SSSR count). The quantitative estimate of drug-likeness (QED) is 0.870. The highest BCUT2D eigenvalue weighted by Crippen LogP contribution is 2.14. The van der Waals surface area contributed by atoms with E-state index in [2.05, 4.69) is 14.9 Å². The van der Waals surface area contributed by atoms with Crippen molar-refractivity contribution in [3.05, 3.63) is 41.7 Å². The van der Waals surface area contributed by atoms with Gasteiger partial charge < -0.3 is 4.90 Å². The van der Waals surface area contributed by atoms with Gasteiger partial charge >= 0.3 is 0 Å². The van der Waals surface area contributed by atoms with Gasteiger partial charge in [-0.3, -0.25) is 5.10 Å². The number of rotatable bonds is 5. The second kappa shape index (κ2) is 5.64. The first-order valence-electron chi connectivity index (χ1n) is 6.16. The summed E-state index contributed by atoms with van der Waals surface area (Å²) in [4.78, 5) is 2.17. The van der Waals surface area contributed by atoms with Crippen molar-refractivity contribution in [3.63, 3.8) is 0 Å². The molecule has 1 aromatic carbocycles. The van der Waals surface area contributed by atoms with Crippen LogP contribution in [0.2, 0.25) is 0 Å². The molecule has 0 aliphatic rings. The van der Waals surface area contributed by atoms with Gasteiger partial charge in [-0.15, -0.1) is 0 Å². The van der Waals surface area contributed by atoms with Crippen LogP contribution in [0.5, 0.6) is 0 Å². The Kier molecular flexibility index (Phi) is 4.10. The minimum atomic E-state index is -3.53. The van der Waals surface area contributed by atoms with E-state index in [1.165, 1.54) is 6.20 Å². The van der Waals surface area contributed by atoms with Crippen LogP contribution in [0.15, 0.2) is 35.4 Å². The van der Waals surface area contributed by atoms with Gasteiger partial charge in [0.15, 0.2) is 0 Å². The third-order valence-corrected chi connectivity index (χ3v) is 4.51. The topological polar surface area (TPSA) is 78.1 Å². The molecule has 0 bridgehead atoms. The number of hydrogen-bond donors (Lipinski definition) is 2. The summed E-state index contributed by atoms with van der Waals surface area (Å²) in [6.45, 7) is 1.92. The zero-order chi connectivity index (χ0) is 14.8. The highest BCUT2D eigenvalue weighted by molar-refractivity contribution is 7.89. The standard InChI is InChI=1S/C13H18N4O2S/c1-10-13(9-14-16-10)20(18,19)15-8-11-4-6-12(7-5-11)17(2)3/h4-7,9,15H,8H2,1-3H3,(H,14,16). The summed E-state index contributed by atoms with van der Waals surface area (Å²) in [7, 11) is 0.389. The van der Waals surface area contributed by atoms with Gasteiger partial charge in [0.2, 0.25) is 10.0 Å². The molecule has 2 N–H and O–H groups in total. The van der Waals surface area contributed by atoms with Crippen LogP contribution in [0.1, 0.15) is 11.3 Å². The fraction of sp³-hybridized carbons (Fsp3) is 0.308. The highest BCUT2D eigenvalue weighted by Gasteiger charge is 2.17. The van der Waals surface area contributed by atoms with E-state index in [0.717, 1.165) is 11.3 Å². The Labute approximate surface area is 118 Å². The second-order valence-corrected chi connectivity index (χ2v) is 6.48. The molecule has 0 radical (unpaired) electrons. The molecule has 20 heavy (non-hydrogen) atoms. The number of aromatic amines is 1. The smallest absolute Gasteiger partial charge is 0.244 e. The Morgan fingerprint density at radius 2 is 1.90 bits per heavy atom. The highest BCUT2D eigenvalue weighted by atomic mass is 32.2. The second-order valence-electron chi connectivity index (χ2n) is 4.74. The summed E-state index contributed by atoms with van der Waals surface area (Å²) < 4.78 is 26.7. The number of sulfonamides is 1. The zero-order valence-electron chi connectivity index (χ0n) is 11.7. The minimum Gasteiger partial charge on any atom is -0.378 e. The number of aryl methyl sites for hydroxylation is 1. The van der Waals surface area contributed by atoms with E-state index in [1.807, 2.05) is 43.3 Å². The first kappa shape index (κ1) is 14.5. The minimum absolute atomic E-state index is 0.183. The molecule has 108 valence electrons. The van der Waals surface area contributed by atoms with Crippen molar-refractivity contribution >= 4 is 15.7 Å². The van der Waals surface area contributed by atoms with E-state index in [4.69, 9.17) is 0 Å². The molecule has 7 heteroatoms. The Balaban J connectivity index is 2.07. The Morgan fingerprint density at radius 1 is 1.25 bits per heavy atom. The number of nitrogens with one attached hydrogen (secondary N) is 2. The van der Waals surface area contributed by atoms with Gasteiger partial charge in [-0.2, -0.15) is 5.10 Å². The van der Waals surface area contributed by atoms with Gasteiger partial charge in [0.05, 0.1) is 11.9 Å². The Bertz CT molecular complexity index is 675. The maximum Gasteiger partial charge on any atom is 0.244 e. The summed E-state index contributed by atoms with van der Waals surface area (Å²) in [6.07, 6.45) is 1.31. The fourth-order valence-corrected chi connectivity index (χ4v) is 2.93. The number of benzene rings is 1. The van der Waals surface area contributed by atoms with Gasteiger partial charge in [0, 0.05) is 26.3 Å². The Hall–Kier alpha value is -1.86. The summed E-state index contributed by atoms with van der Waals surface area (Å²) in [5.74, 6) is 0. The lowest BCUT2D eigenvalue weighted by atomic mass is 10.2. The molecule has 1 heterocycles. The average molecular weight is 294 g/mol. The van der Waals surface area contributed by atoms with Crippen molar-refractivity contribution in [3.8, 4) is 0 Å². The molecule has 2 aromatic rings. The van der Waals surface area contributed by atoms with Crippen molar-refractivity contribution in [2.75, 3.05) is 19.0 Å². The molecule has 0 atom stereocenters. The lowest BCUT2D eigenvalue weighted by molar-refractivity contribution is 0.581. The molecular formula is C13H18N4O2S. The molecule has 1 aromatic heterocycles. The third-order valence-electron chi connectivity index (χ3n) is 2.99. The normalized spacial score (nSPS) is 11.6. The number of hydrogen-bond acceptors (Lipinski definition) is 4. The molecular weight excluding hydrogens is 276 g/mol. The van der Waals surface area contributed by atoms with Gasteiger partial charge in [-0.25, -0.2) is 13.1 Å². The van der Waals surface area contributed by atoms with E-state index >= 15 is 0 Å². The molecule has 0 aliphatic carbocycles. The molecule has 0 unspecified atom stereocenters. The van der Waals surface area contributed by atoms with Gasteiger partial charge in [0.1, 0.15) is 4.90 Å². The fourth-order valence-electron chi connectivity index (χ4n) is 1.78. The van der Waals surface area contributed by atoms with E-state index in [0.29, 0.717) is 5.69 Å². The maximum absolute atomic E-state index is 12.1. The van der Waals surface area contributed by atoms with Crippen LogP contribution >= 0.6 is 0 Å². The molecule has 0 spiro atoms. The number of H-pyrrole nitrogens is 1. The molecule has 0 amide bonds. The summed E-state index contributed by atoms with van der Waals surface area (Å²) >= 11 is 0. The van der Waals surface area contributed by atoms with E-state index in [1.54, 1.807) is 6.92 Å². The predicted octanol–water partition coefficient (Wildman–Crippen LogP) is 1.26. The van der Waals surface area contributed by atoms with Crippen LogP contribution in [0.4, 0.5) is 5.69 Å². The molecule has 0 saturated heterocycles. The lowest BCUT2D eigenvalue weighted by Crippen LogP contribution is -2.23.